The van der Waals surface area contributed by atoms with E-state index in [9.17, 15) is 4.79 Å². The Balaban J connectivity index is 2.36. The summed E-state index contributed by atoms with van der Waals surface area (Å²) >= 11 is 0. The van der Waals surface area contributed by atoms with E-state index >= 15 is 0 Å². The van der Waals surface area contributed by atoms with Crippen molar-refractivity contribution in [2.75, 3.05) is 19.6 Å². The minimum atomic E-state index is 0.0630. The predicted molar refractivity (Wildman–Crippen MR) is 70.8 cm³/mol. The first-order valence-corrected chi connectivity index (χ1v) is 6.78. The zero-order valence-corrected chi connectivity index (χ0v) is 11.4. The highest BCUT2D eigenvalue weighted by molar-refractivity contribution is 5.74. The van der Waals surface area contributed by atoms with Crippen LogP contribution in [0.25, 0.3) is 0 Å². The van der Waals surface area contributed by atoms with Crippen molar-refractivity contribution < 1.29 is 4.79 Å². The lowest BCUT2D eigenvalue weighted by Gasteiger charge is -2.32. The van der Waals surface area contributed by atoms with Gasteiger partial charge < -0.3 is 16.0 Å². The molecule has 1 aliphatic heterocycles. The molecule has 1 rings (SSSR count). The van der Waals surface area contributed by atoms with E-state index in [1.165, 1.54) is 0 Å². The lowest BCUT2D eigenvalue weighted by Crippen LogP contribution is -2.50. The van der Waals surface area contributed by atoms with Crippen LogP contribution >= 0.6 is 0 Å². The van der Waals surface area contributed by atoms with Gasteiger partial charge in [-0.05, 0) is 31.1 Å². The van der Waals surface area contributed by atoms with Crippen LogP contribution in [-0.4, -0.2) is 36.6 Å². The van der Waals surface area contributed by atoms with Crippen molar-refractivity contribution in [1.29, 1.82) is 0 Å². The molecule has 0 aromatic rings. The first-order chi connectivity index (χ1) is 8.02. The van der Waals surface area contributed by atoms with Crippen LogP contribution in [0.4, 0.5) is 4.79 Å². The Hall–Kier alpha value is -0.770. The van der Waals surface area contributed by atoms with Crippen molar-refractivity contribution in [2.24, 2.45) is 17.6 Å². The molecule has 2 amide bonds. The Kier molecular flexibility index (Phi) is 5.75. The number of rotatable bonds is 4. The van der Waals surface area contributed by atoms with E-state index in [4.69, 9.17) is 5.73 Å². The summed E-state index contributed by atoms with van der Waals surface area (Å²) in [5.41, 5.74) is 5.69. The molecule has 4 heteroatoms. The van der Waals surface area contributed by atoms with E-state index in [2.05, 4.69) is 26.1 Å². The molecule has 1 fully saturated rings. The van der Waals surface area contributed by atoms with Crippen LogP contribution in [0.1, 0.15) is 40.0 Å². The quantitative estimate of drug-likeness (QED) is 0.788. The van der Waals surface area contributed by atoms with E-state index in [1.54, 1.807) is 0 Å². The van der Waals surface area contributed by atoms with Crippen LogP contribution in [0.5, 0.6) is 0 Å². The maximum atomic E-state index is 12.0. The Morgan fingerprint density at radius 2 is 2.00 bits per heavy atom. The monoisotopic (exact) mass is 241 g/mol. The van der Waals surface area contributed by atoms with Crippen molar-refractivity contribution in [1.82, 2.24) is 10.2 Å². The van der Waals surface area contributed by atoms with E-state index in [0.717, 1.165) is 38.3 Å². The number of likely N-dealkylation sites (tertiary alicyclic amines) is 1. The van der Waals surface area contributed by atoms with E-state index in [1.807, 2.05) is 4.90 Å². The summed E-state index contributed by atoms with van der Waals surface area (Å²) in [6, 6.07) is 0.176. The fraction of sp³-hybridized carbons (Fsp3) is 0.923. The highest BCUT2D eigenvalue weighted by Gasteiger charge is 2.22. The molecule has 3 N–H and O–H groups in total. The molecule has 100 valence electrons. The molecule has 1 atom stereocenters. The number of urea groups is 1. The van der Waals surface area contributed by atoms with Gasteiger partial charge in [-0.1, -0.05) is 20.8 Å². The van der Waals surface area contributed by atoms with Crippen molar-refractivity contribution >= 4 is 6.03 Å². The number of hydrogen-bond donors (Lipinski definition) is 2. The molecular weight excluding hydrogens is 214 g/mol. The Bertz CT molecular complexity index is 235. The minimum absolute atomic E-state index is 0.0630. The smallest absolute Gasteiger partial charge is 0.317 e. The first-order valence-electron chi connectivity index (χ1n) is 6.78. The van der Waals surface area contributed by atoms with E-state index in [0.29, 0.717) is 12.5 Å². The van der Waals surface area contributed by atoms with Crippen molar-refractivity contribution in [2.45, 2.75) is 46.1 Å². The predicted octanol–water partition coefficient (Wildman–Crippen LogP) is 1.80. The zero-order chi connectivity index (χ0) is 12.8. The molecule has 1 unspecified atom stereocenters. The highest BCUT2D eigenvalue weighted by Crippen LogP contribution is 2.16. The molecule has 0 aromatic carbocycles. The van der Waals surface area contributed by atoms with Gasteiger partial charge in [0.25, 0.3) is 0 Å². The maximum absolute atomic E-state index is 12.0. The molecule has 0 aromatic heterocycles. The Morgan fingerprint density at radius 1 is 1.41 bits per heavy atom. The molecule has 4 nitrogen and oxygen atoms in total. The van der Waals surface area contributed by atoms with Crippen LogP contribution in [0, 0.1) is 11.8 Å². The van der Waals surface area contributed by atoms with E-state index in [-0.39, 0.29) is 12.1 Å². The zero-order valence-electron chi connectivity index (χ0n) is 11.4. The van der Waals surface area contributed by atoms with Crippen molar-refractivity contribution in [3.8, 4) is 0 Å². The molecule has 0 bridgehead atoms. The number of nitrogens with two attached hydrogens (primary N) is 1. The second kappa shape index (κ2) is 6.84. The normalized spacial score (nSPS) is 19.5. The summed E-state index contributed by atoms with van der Waals surface area (Å²) in [6.07, 6.45) is 3.18. The van der Waals surface area contributed by atoms with Crippen LogP contribution in [0.15, 0.2) is 0 Å². The van der Waals surface area contributed by atoms with Gasteiger partial charge in [-0.3, -0.25) is 0 Å². The molecule has 0 spiro atoms. The molecule has 1 saturated heterocycles. The number of nitrogens with one attached hydrogen (secondary N) is 1. The average molecular weight is 241 g/mol. The van der Waals surface area contributed by atoms with Crippen LogP contribution in [0.2, 0.25) is 0 Å². The number of amides is 2. The number of piperidine rings is 1. The Morgan fingerprint density at radius 3 is 2.47 bits per heavy atom. The topological polar surface area (TPSA) is 58.4 Å². The number of nitrogens with zero attached hydrogens (tertiary/aromatic N) is 1. The van der Waals surface area contributed by atoms with Crippen molar-refractivity contribution in [3.63, 3.8) is 0 Å². The first kappa shape index (κ1) is 14.3. The van der Waals surface area contributed by atoms with Crippen LogP contribution < -0.4 is 11.1 Å². The van der Waals surface area contributed by atoms with Crippen LogP contribution in [0.3, 0.4) is 0 Å². The SMILES string of the molecule is CC(C)CC(CN)NC(=O)N1CCC(C)CC1. The molecule has 0 aliphatic carbocycles. The fourth-order valence-corrected chi connectivity index (χ4v) is 2.26. The maximum Gasteiger partial charge on any atom is 0.317 e. The van der Waals surface area contributed by atoms with Gasteiger partial charge in [0.05, 0.1) is 0 Å². The number of hydrogen-bond acceptors (Lipinski definition) is 2. The summed E-state index contributed by atoms with van der Waals surface area (Å²) in [4.78, 5) is 13.9. The van der Waals surface area contributed by atoms with Gasteiger partial charge in [-0.25, -0.2) is 4.79 Å². The van der Waals surface area contributed by atoms with Gasteiger partial charge in [-0.15, -0.1) is 0 Å². The van der Waals surface area contributed by atoms with E-state index < -0.39 is 0 Å². The summed E-state index contributed by atoms with van der Waals surface area (Å²) in [5.74, 6) is 1.31. The molecule has 1 heterocycles. The largest absolute Gasteiger partial charge is 0.334 e. The lowest BCUT2D eigenvalue weighted by molar-refractivity contribution is 0.169. The van der Waals surface area contributed by atoms with Gasteiger partial charge in [0.15, 0.2) is 0 Å². The summed E-state index contributed by atoms with van der Waals surface area (Å²) in [7, 11) is 0. The lowest BCUT2D eigenvalue weighted by atomic mass is 9.99. The summed E-state index contributed by atoms with van der Waals surface area (Å²) in [5, 5.41) is 3.04. The highest BCUT2D eigenvalue weighted by atomic mass is 16.2. The third-order valence-corrected chi connectivity index (χ3v) is 3.44. The average Bonchev–Trinajstić information content (AvgIpc) is 2.28. The van der Waals surface area contributed by atoms with Gasteiger partial charge in [0, 0.05) is 25.7 Å². The molecule has 1 aliphatic rings. The van der Waals surface area contributed by atoms with Gasteiger partial charge >= 0.3 is 6.03 Å². The summed E-state index contributed by atoms with van der Waals surface area (Å²) < 4.78 is 0. The molecule has 17 heavy (non-hydrogen) atoms. The standard InChI is InChI=1S/C13H27N3O/c1-10(2)8-12(9-14)15-13(17)16-6-4-11(3)5-7-16/h10-12H,4-9,14H2,1-3H3,(H,15,17). The van der Waals surface area contributed by atoms with Crippen LogP contribution in [-0.2, 0) is 0 Å². The third-order valence-electron chi connectivity index (χ3n) is 3.44. The molecule has 0 saturated carbocycles. The summed E-state index contributed by atoms with van der Waals surface area (Å²) in [6.45, 7) is 8.83. The minimum Gasteiger partial charge on any atom is -0.334 e. The number of carbonyl (C=O) groups excluding carboxylic acids is 1. The van der Waals surface area contributed by atoms with Crippen molar-refractivity contribution in [3.05, 3.63) is 0 Å². The molecular formula is C13H27N3O. The molecule has 0 radical (unpaired) electrons. The second-order valence-electron chi connectivity index (χ2n) is 5.68. The second-order valence-corrected chi connectivity index (χ2v) is 5.68. The third kappa shape index (κ3) is 4.94. The van der Waals surface area contributed by atoms with Gasteiger partial charge in [-0.2, -0.15) is 0 Å². The Labute approximate surface area is 105 Å². The fourth-order valence-electron chi connectivity index (χ4n) is 2.26. The van der Waals surface area contributed by atoms with Gasteiger partial charge in [0.2, 0.25) is 0 Å². The van der Waals surface area contributed by atoms with Gasteiger partial charge in [0.1, 0.15) is 0 Å². The number of carbonyl (C=O) groups is 1.